The normalized spacial score (nSPS) is 15.0. The van der Waals surface area contributed by atoms with Crippen LogP contribution in [0.5, 0.6) is 5.75 Å². The molecule has 0 bridgehead atoms. The van der Waals surface area contributed by atoms with E-state index in [9.17, 15) is 4.79 Å². The van der Waals surface area contributed by atoms with E-state index in [0.717, 1.165) is 34.7 Å². The fourth-order valence-electron chi connectivity index (χ4n) is 2.82. The van der Waals surface area contributed by atoms with Crippen molar-refractivity contribution in [3.05, 3.63) is 77.2 Å². The minimum atomic E-state index is -0.833. The zero-order valence-corrected chi connectivity index (χ0v) is 20.9. The number of nitrogens with zero attached hydrogens (tertiary/aromatic N) is 1. The summed E-state index contributed by atoms with van der Waals surface area (Å²) in [6.45, 7) is 3.59. The van der Waals surface area contributed by atoms with E-state index in [-0.39, 0.29) is 35.5 Å². The summed E-state index contributed by atoms with van der Waals surface area (Å²) in [7, 11) is 0. The number of hydrogen-bond acceptors (Lipinski definition) is 5. The molecule has 0 spiro atoms. The van der Waals surface area contributed by atoms with Crippen LogP contribution < -0.4 is 39.6 Å². The molecule has 3 aromatic rings. The number of aliphatic imine (C=N–C) groups is 1. The summed E-state index contributed by atoms with van der Waals surface area (Å²) in [5.74, 6) is -0.224. The molecule has 1 aliphatic heterocycles. The molecule has 8 heteroatoms. The summed E-state index contributed by atoms with van der Waals surface area (Å²) < 4.78 is 5.79. The molecule has 2 N–H and O–H groups in total. The topological polar surface area (TPSA) is 88.0 Å². The van der Waals surface area contributed by atoms with Crippen molar-refractivity contribution in [2.45, 2.75) is 13.8 Å². The van der Waals surface area contributed by atoms with Gasteiger partial charge >= 0.3 is 29.6 Å². The summed E-state index contributed by atoms with van der Waals surface area (Å²) in [5, 5.41) is 13.0. The van der Waals surface area contributed by atoms with Crippen LogP contribution in [0, 0.1) is 6.07 Å². The van der Waals surface area contributed by atoms with Crippen LogP contribution in [0.25, 0.3) is 16.8 Å². The van der Waals surface area contributed by atoms with Gasteiger partial charge in [-0.1, -0.05) is 24.3 Å². The molecule has 32 heavy (non-hydrogen) atoms. The average Bonchev–Trinajstić information content (AvgIpc) is 3.07. The molecule has 1 heterocycles. The summed E-state index contributed by atoms with van der Waals surface area (Å²) >= 11 is 1.33. The zero-order chi connectivity index (χ0) is 22.2. The van der Waals surface area contributed by atoms with Gasteiger partial charge in [0.15, 0.2) is 5.17 Å². The molecule has 158 valence electrons. The fraction of sp³-hybridized carbons (Fsp3) is 0.125. The smallest absolute Gasteiger partial charge is 0.493 e. The number of carbonyl (C=O) groups is 2. The maximum absolute atomic E-state index is 12.4. The molecule has 0 saturated carbocycles. The van der Waals surface area contributed by atoms with Gasteiger partial charge in [0.05, 0.1) is 11.5 Å². The number of carboxylic acids is 1. The van der Waals surface area contributed by atoms with E-state index < -0.39 is 5.97 Å². The third-order valence-electron chi connectivity index (χ3n) is 4.05. The number of hydrogen-bond donors (Lipinski definition) is 2. The van der Waals surface area contributed by atoms with Gasteiger partial charge in [-0.2, -0.15) is 18.2 Å². The molecule has 1 aliphatic rings. The van der Waals surface area contributed by atoms with Crippen molar-refractivity contribution in [2.75, 3.05) is 6.61 Å². The average molecular weight is 456 g/mol. The van der Waals surface area contributed by atoms with Gasteiger partial charge in [0.25, 0.3) is 11.9 Å². The molecule has 0 aliphatic carbocycles. The van der Waals surface area contributed by atoms with E-state index in [1.807, 2.05) is 61.5 Å². The molecule has 3 aromatic carbocycles. The molecule has 1 saturated heterocycles. The summed E-state index contributed by atoms with van der Waals surface area (Å²) in [5.41, 5.74) is 1.65. The number of thioether (sulfide) groups is 1. The number of amides is 1. The summed E-state index contributed by atoms with van der Waals surface area (Å²) in [6.07, 6.45) is 1.86. The maximum atomic E-state index is 12.4. The van der Waals surface area contributed by atoms with Crippen LogP contribution in [-0.2, 0) is 9.59 Å². The first-order valence-electron chi connectivity index (χ1n) is 9.57. The van der Waals surface area contributed by atoms with Crippen molar-refractivity contribution in [3.8, 4) is 5.75 Å². The van der Waals surface area contributed by atoms with Gasteiger partial charge in [0, 0.05) is 12.5 Å². The number of fused-ring (bicyclic) bond motifs is 1. The van der Waals surface area contributed by atoms with Crippen LogP contribution in [0.4, 0.5) is 5.69 Å². The van der Waals surface area contributed by atoms with Gasteiger partial charge in [-0.3, -0.25) is 14.6 Å². The molecule has 0 radical (unpaired) electrons. The molecule has 1 amide bonds. The minimum absolute atomic E-state index is 0. The van der Waals surface area contributed by atoms with Crippen molar-refractivity contribution in [3.63, 3.8) is 0 Å². The van der Waals surface area contributed by atoms with Gasteiger partial charge in [0.2, 0.25) is 0 Å². The number of nitrogens with one attached hydrogen (secondary N) is 1. The third kappa shape index (κ3) is 7.24. The van der Waals surface area contributed by atoms with Crippen LogP contribution >= 0.6 is 11.8 Å². The predicted molar refractivity (Wildman–Crippen MR) is 125 cm³/mol. The number of rotatable bonds is 4. The minimum Gasteiger partial charge on any atom is -0.493 e. The number of benzene rings is 3. The van der Waals surface area contributed by atoms with Gasteiger partial charge in [0.1, 0.15) is 5.75 Å². The van der Waals surface area contributed by atoms with E-state index in [1.54, 1.807) is 12.1 Å². The van der Waals surface area contributed by atoms with E-state index in [1.165, 1.54) is 11.8 Å². The Morgan fingerprint density at radius 3 is 2.44 bits per heavy atom. The Hall–Kier alpha value is -2.58. The quantitative estimate of drug-likeness (QED) is 0.356. The first-order valence-corrected chi connectivity index (χ1v) is 10.4. The molecule has 0 unspecified atom stereocenters. The Labute approximate surface area is 213 Å². The SMILES string of the molecule is CC(=O)O.CCOc1cc2ccccc2cc1/C=C1/SC(=Nc2cc[c-]cc2)NC1=O.[Na+]. The van der Waals surface area contributed by atoms with E-state index in [2.05, 4.69) is 16.4 Å². The maximum Gasteiger partial charge on any atom is 1.00 e. The van der Waals surface area contributed by atoms with E-state index in [0.29, 0.717) is 16.7 Å². The van der Waals surface area contributed by atoms with E-state index >= 15 is 0 Å². The van der Waals surface area contributed by atoms with Crippen LogP contribution in [0.1, 0.15) is 19.4 Å². The van der Waals surface area contributed by atoms with Crippen molar-refractivity contribution < 1.29 is 49.0 Å². The standard InChI is InChI=1S/C22H17N2O2S.C2H4O2.Na/c1-2-26-19-13-16-9-7-6-8-15(16)12-17(19)14-20-21(25)24-22(27-20)23-18-10-4-3-5-11-18;1-2(3)4;/h4-14H,2H2,1H3,(H,23,24,25);1H3,(H,3,4);/q-1;;+1/b20-14+;;. The Morgan fingerprint density at radius 2 is 1.81 bits per heavy atom. The second kappa shape index (κ2) is 12.5. The number of ether oxygens (including phenoxy) is 1. The second-order valence-corrected chi connectivity index (χ2v) is 7.46. The molecule has 6 nitrogen and oxygen atoms in total. The van der Waals surface area contributed by atoms with Gasteiger partial charge in [-0.25, -0.2) is 0 Å². The number of amidine groups is 1. The summed E-state index contributed by atoms with van der Waals surface area (Å²) in [6, 6.07) is 22.4. The Kier molecular flexibility index (Phi) is 9.99. The first-order chi connectivity index (χ1) is 15.0. The van der Waals surface area contributed by atoms with Gasteiger partial charge in [-0.05, 0) is 53.4 Å². The number of carbonyl (C=O) groups excluding carboxylic acids is 1. The molecule has 0 aromatic heterocycles. The Balaban J connectivity index is 0.000000672. The van der Waals surface area contributed by atoms with Crippen molar-refractivity contribution >= 4 is 51.3 Å². The first kappa shape index (κ1) is 25.7. The zero-order valence-electron chi connectivity index (χ0n) is 18.1. The van der Waals surface area contributed by atoms with Crippen LogP contribution in [-0.4, -0.2) is 28.8 Å². The van der Waals surface area contributed by atoms with Crippen molar-refractivity contribution in [1.29, 1.82) is 0 Å². The molecule has 1 fully saturated rings. The number of carboxylic acid groups (broad SMARTS) is 1. The second-order valence-electron chi connectivity index (χ2n) is 6.43. The van der Waals surface area contributed by atoms with Crippen LogP contribution in [0.2, 0.25) is 0 Å². The van der Waals surface area contributed by atoms with E-state index in [4.69, 9.17) is 14.6 Å². The third-order valence-corrected chi connectivity index (χ3v) is 4.96. The molecular formula is C24H21N2NaO4S. The van der Waals surface area contributed by atoms with Gasteiger partial charge in [-0.15, -0.1) is 12.1 Å². The van der Waals surface area contributed by atoms with Crippen LogP contribution in [0.15, 0.2) is 70.6 Å². The monoisotopic (exact) mass is 456 g/mol. The largest absolute Gasteiger partial charge is 1.00 e. The Bertz CT molecular complexity index is 1160. The van der Waals surface area contributed by atoms with Gasteiger partial charge < -0.3 is 15.2 Å². The van der Waals surface area contributed by atoms with Crippen molar-refractivity contribution in [2.24, 2.45) is 4.99 Å². The fourth-order valence-corrected chi connectivity index (χ4v) is 3.65. The van der Waals surface area contributed by atoms with Crippen molar-refractivity contribution in [1.82, 2.24) is 5.32 Å². The summed E-state index contributed by atoms with van der Waals surface area (Å²) in [4.78, 5) is 26.4. The molecule has 0 atom stereocenters. The molecular weight excluding hydrogens is 435 g/mol. The number of aliphatic carboxylic acids is 1. The van der Waals surface area contributed by atoms with Crippen LogP contribution in [0.3, 0.4) is 0 Å². The Morgan fingerprint density at radius 1 is 1.19 bits per heavy atom. The molecule has 4 rings (SSSR count). The predicted octanol–water partition coefficient (Wildman–Crippen LogP) is 2.03.